The molecule has 5 rings (SSSR count). The Balaban J connectivity index is 1.26. The topological polar surface area (TPSA) is 117 Å². The second kappa shape index (κ2) is 11.9. The molecule has 0 radical (unpaired) electrons. The van der Waals surface area contributed by atoms with Crippen molar-refractivity contribution in [2.75, 3.05) is 11.9 Å². The highest BCUT2D eigenvalue weighted by Gasteiger charge is 2.32. The molecule has 2 amide bonds. The molecular weight excluding hydrogens is 613 g/mol. The summed E-state index contributed by atoms with van der Waals surface area (Å²) in [6, 6.07) is 11.4. The van der Waals surface area contributed by atoms with Crippen molar-refractivity contribution >= 4 is 92.4 Å². The van der Waals surface area contributed by atoms with Crippen molar-refractivity contribution in [1.82, 2.24) is 19.7 Å². The lowest BCUT2D eigenvalue weighted by molar-refractivity contribution is -0.122. The highest BCUT2D eigenvalue weighted by Crippen LogP contribution is 2.37. The number of thioether (sulfide) groups is 1. The largest absolute Gasteiger partial charge is 0.478 e. The average molecular weight is 631 g/mol. The van der Waals surface area contributed by atoms with E-state index in [4.69, 9.17) is 35.4 Å². The van der Waals surface area contributed by atoms with Crippen LogP contribution in [-0.2, 0) is 9.59 Å². The number of hydrogen-bond donors (Lipinski definition) is 2. The Morgan fingerprint density at radius 2 is 1.98 bits per heavy atom. The van der Waals surface area contributed by atoms with Gasteiger partial charge in [-0.15, -0.1) is 11.3 Å². The summed E-state index contributed by atoms with van der Waals surface area (Å²) in [7, 11) is 0. The van der Waals surface area contributed by atoms with Gasteiger partial charge in [-0.1, -0.05) is 47.2 Å². The van der Waals surface area contributed by atoms with Crippen LogP contribution in [0.4, 0.5) is 5.69 Å². The molecular formula is C26H17Cl2N5O4S3. The van der Waals surface area contributed by atoms with Crippen molar-refractivity contribution in [1.29, 1.82) is 0 Å². The van der Waals surface area contributed by atoms with Crippen molar-refractivity contribution in [3.63, 3.8) is 0 Å². The Bertz CT molecular complexity index is 1690. The number of carbonyl (C=O) groups excluding carboxylic acids is 2. The van der Waals surface area contributed by atoms with Gasteiger partial charge < -0.3 is 10.4 Å². The number of aromatic carboxylic acids is 1. The van der Waals surface area contributed by atoms with Gasteiger partial charge >= 0.3 is 5.97 Å². The Kier molecular flexibility index (Phi) is 8.33. The van der Waals surface area contributed by atoms with Gasteiger partial charge in [-0.3, -0.25) is 14.5 Å². The minimum absolute atomic E-state index is 0.00406. The molecule has 2 N–H and O–H groups in total. The van der Waals surface area contributed by atoms with Crippen LogP contribution in [-0.4, -0.2) is 53.4 Å². The molecule has 0 bridgehead atoms. The molecule has 0 aliphatic carbocycles. The van der Waals surface area contributed by atoms with E-state index in [0.717, 1.165) is 27.8 Å². The molecule has 2 aromatic carbocycles. The first-order valence-corrected chi connectivity index (χ1v) is 14.4. The maximum atomic E-state index is 13.1. The van der Waals surface area contributed by atoms with Crippen LogP contribution < -0.4 is 5.32 Å². The Hall–Kier alpha value is -3.55. The Labute approximate surface area is 251 Å². The molecule has 1 aliphatic rings. The van der Waals surface area contributed by atoms with E-state index in [2.05, 4.69) is 15.4 Å². The predicted molar refractivity (Wildman–Crippen MR) is 161 cm³/mol. The van der Waals surface area contributed by atoms with Gasteiger partial charge in [0.15, 0.2) is 0 Å². The molecule has 202 valence electrons. The quantitative estimate of drug-likeness (QED) is 0.174. The molecule has 9 nitrogen and oxygen atoms in total. The zero-order valence-electron chi connectivity index (χ0n) is 20.2. The summed E-state index contributed by atoms with van der Waals surface area (Å²) < 4.78 is 1.75. The van der Waals surface area contributed by atoms with Crippen LogP contribution in [0.1, 0.15) is 21.7 Å². The van der Waals surface area contributed by atoms with E-state index in [0.29, 0.717) is 25.0 Å². The number of aromatic nitrogens is 3. The second-order valence-electron chi connectivity index (χ2n) is 8.37. The normalized spacial score (nSPS) is 14.2. The summed E-state index contributed by atoms with van der Waals surface area (Å²) in [4.78, 5) is 43.9. The van der Waals surface area contributed by atoms with E-state index in [1.54, 1.807) is 24.3 Å². The van der Waals surface area contributed by atoms with Crippen molar-refractivity contribution < 1.29 is 19.5 Å². The first kappa shape index (κ1) is 28.0. The highest BCUT2D eigenvalue weighted by molar-refractivity contribution is 8.26. The molecule has 1 saturated heterocycles. The van der Waals surface area contributed by atoms with Gasteiger partial charge in [-0.05, 0) is 59.5 Å². The molecule has 14 heteroatoms. The fraction of sp³-hybridized carbons (Fsp3) is 0.0769. The minimum atomic E-state index is -1.14. The molecule has 3 heterocycles. The molecule has 1 fully saturated rings. The van der Waals surface area contributed by atoms with E-state index in [1.807, 2.05) is 11.4 Å². The number of benzene rings is 2. The number of thiophene rings is 1. The smallest absolute Gasteiger partial charge is 0.335 e. The van der Waals surface area contributed by atoms with Crippen LogP contribution in [0.5, 0.6) is 0 Å². The lowest BCUT2D eigenvalue weighted by Gasteiger charge is -2.15. The predicted octanol–water partition coefficient (Wildman–Crippen LogP) is 6.23. The number of hydrogen-bond acceptors (Lipinski definition) is 8. The third-order valence-corrected chi connectivity index (χ3v) is 8.57. The van der Waals surface area contributed by atoms with Crippen molar-refractivity contribution in [2.24, 2.45) is 0 Å². The van der Waals surface area contributed by atoms with Gasteiger partial charge in [0.25, 0.3) is 5.91 Å². The first-order valence-electron chi connectivity index (χ1n) is 11.5. The van der Waals surface area contributed by atoms with Gasteiger partial charge in [0.05, 0.1) is 21.8 Å². The van der Waals surface area contributed by atoms with Crippen LogP contribution in [0.15, 0.2) is 65.4 Å². The van der Waals surface area contributed by atoms with Gasteiger partial charge in [-0.2, -0.15) is 5.10 Å². The number of amides is 2. The molecule has 0 atom stereocenters. The number of halogens is 2. The molecule has 40 heavy (non-hydrogen) atoms. The first-order chi connectivity index (χ1) is 19.2. The number of anilines is 1. The van der Waals surface area contributed by atoms with E-state index in [1.165, 1.54) is 51.8 Å². The molecule has 0 spiro atoms. The summed E-state index contributed by atoms with van der Waals surface area (Å²) >= 11 is 20.5. The number of thiocarbonyl (C=S) groups is 1. The molecule has 1 aliphatic heterocycles. The van der Waals surface area contributed by atoms with Crippen LogP contribution in [0.25, 0.3) is 22.9 Å². The lowest BCUT2D eigenvalue weighted by Crippen LogP contribution is -2.31. The number of carboxylic acid groups (broad SMARTS) is 1. The van der Waals surface area contributed by atoms with Crippen LogP contribution in [0, 0.1) is 0 Å². The number of carbonyl (C=O) groups is 3. The van der Waals surface area contributed by atoms with Crippen LogP contribution >= 0.6 is 58.5 Å². The summed E-state index contributed by atoms with van der Waals surface area (Å²) in [5.74, 6) is -1.86. The van der Waals surface area contributed by atoms with E-state index in [9.17, 15) is 19.5 Å². The molecule has 4 aromatic rings. The van der Waals surface area contributed by atoms with Gasteiger partial charge in [-0.25, -0.2) is 14.5 Å². The van der Waals surface area contributed by atoms with Crippen LogP contribution in [0.3, 0.4) is 0 Å². The van der Waals surface area contributed by atoms with E-state index < -0.39 is 11.9 Å². The number of carboxylic acids is 1. The number of rotatable bonds is 8. The van der Waals surface area contributed by atoms with Gasteiger partial charge in [0.2, 0.25) is 5.91 Å². The third kappa shape index (κ3) is 6.11. The summed E-state index contributed by atoms with van der Waals surface area (Å²) in [5.41, 5.74) is 2.36. The Morgan fingerprint density at radius 3 is 2.73 bits per heavy atom. The Morgan fingerprint density at radius 1 is 1.15 bits per heavy atom. The monoisotopic (exact) mass is 629 g/mol. The molecule has 0 unspecified atom stereocenters. The van der Waals surface area contributed by atoms with Gasteiger partial charge in [0, 0.05) is 33.5 Å². The minimum Gasteiger partial charge on any atom is -0.478 e. The summed E-state index contributed by atoms with van der Waals surface area (Å²) in [6.45, 7) is 0.0545. The van der Waals surface area contributed by atoms with E-state index in [-0.39, 0.29) is 30.1 Å². The third-order valence-electron chi connectivity index (χ3n) is 5.75. The fourth-order valence-electron chi connectivity index (χ4n) is 3.84. The number of nitrogens with one attached hydrogen (secondary N) is 1. The zero-order valence-corrected chi connectivity index (χ0v) is 24.2. The highest BCUT2D eigenvalue weighted by atomic mass is 35.5. The van der Waals surface area contributed by atoms with Crippen molar-refractivity contribution in [3.05, 3.63) is 85.9 Å². The standard InChI is InChI=1S/C26H17Cl2N5O4S3/c27-16-2-3-19(28)18(9-16)15-7-17(39-11-15)10-22-24(35)32(26(38)40-22)6-5-23(34)31-20-8-14(25(36)37)1-4-21(20)33-13-29-12-30-33/h1-4,7-13H,5-6H2,(H,31,34)(H,36,37). The van der Waals surface area contributed by atoms with E-state index >= 15 is 0 Å². The average Bonchev–Trinajstić information content (AvgIpc) is 3.67. The zero-order chi connectivity index (χ0) is 28.4. The summed E-state index contributed by atoms with van der Waals surface area (Å²) in [6.07, 6.45) is 4.44. The number of nitrogens with zero attached hydrogens (tertiary/aromatic N) is 4. The van der Waals surface area contributed by atoms with Crippen LogP contribution in [0.2, 0.25) is 10.0 Å². The molecule has 0 saturated carbocycles. The summed E-state index contributed by atoms with van der Waals surface area (Å²) in [5, 5.41) is 19.2. The SMILES string of the molecule is O=C(CCN1C(=O)C(=Cc2cc(-c3cc(Cl)ccc3Cl)cs2)SC1=S)Nc1cc(C(=O)O)ccc1-n1cncn1. The van der Waals surface area contributed by atoms with Crippen molar-refractivity contribution in [3.8, 4) is 16.8 Å². The van der Waals surface area contributed by atoms with Crippen molar-refractivity contribution in [2.45, 2.75) is 6.42 Å². The second-order valence-corrected chi connectivity index (χ2v) is 11.8. The lowest BCUT2D eigenvalue weighted by atomic mass is 10.1. The maximum absolute atomic E-state index is 13.1. The van der Waals surface area contributed by atoms with Gasteiger partial charge in [0.1, 0.15) is 17.0 Å². The fourth-order valence-corrected chi connectivity index (χ4v) is 6.45. The maximum Gasteiger partial charge on any atom is 0.335 e. The molecule has 2 aromatic heterocycles.